The highest BCUT2D eigenvalue weighted by atomic mass is 16.5. The molecule has 0 fully saturated rings. The van der Waals surface area contributed by atoms with Gasteiger partial charge in [-0.05, 0) is 48.4 Å². The molecule has 0 amide bonds. The van der Waals surface area contributed by atoms with Crippen molar-refractivity contribution >= 4 is 5.97 Å². The van der Waals surface area contributed by atoms with E-state index in [9.17, 15) is 4.79 Å². The minimum Gasteiger partial charge on any atom is -0.497 e. The SMILES string of the molecule is CCCOc1ccc(OC(=O)Cc2cccc(OC)c2)cc1. The minimum absolute atomic E-state index is 0.200. The summed E-state index contributed by atoms with van der Waals surface area (Å²) in [4.78, 5) is 11.9. The van der Waals surface area contributed by atoms with Crippen LogP contribution < -0.4 is 14.2 Å². The lowest BCUT2D eigenvalue weighted by atomic mass is 10.1. The van der Waals surface area contributed by atoms with Crippen LogP contribution in [0.2, 0.25) is 0 Å². The number of carbonyl (C=O) groups is 1. The molecular weight excluding hydrogens is 280 g/mol. The van der Waals surface area contributed by atoms with Crippen LogP contribution in [-0.2, 0) is 11.2 Å². The van der Waals surface area contributed by atoms with Crippen molar-refractivity contribution in [2.75, 3.05) is 13.7 Å². The Morgan fingerprint density at radius 1 is 1.00 bits per heavy atom. The zero-order valence-corrected chi connectivity index (χ0v) is 12.9. The molecule has 0 aromatic heterocycles. The van der Waals surface area contributed by atoms with E-state index in [0.717, 1.165) is 23.5 Å². The standard InChI is InChI=1S/C18H20O4/c1-3-11-21-15-7-9-16(10-8-15)22-18(19)13-14-5-4-6-17(12-14)20-2/h4-10,12H,3,11,13H2,1-2H3. The van der Waals surface area contributed by atoms with Crippen LogP contribution >= 0.6 is 0 Å². The average Bonchev–Trinajstić information content (AvgIpc) is 2.54. The quantitative estimate of drug-likeness (QED) is 0.578. The third kappa shape index (κ3) is 4.81. The fourth-order valence-corrected chi connectivity index (χ4v) is 1.94. The number of benzene rings is 2. The second kappa shape index (κ2) is 8.08. The second-order valence-electron chi connectivity index (χ2n) is 4.82. The highest BCUT2D eigenvalue weighted by Gasteiger charge is 2.07. The molecule has 0 saturated carbocycles. The Kier molecular flexibility index (Phi) is 5.83. The maximum absolute atomic E-state index is 11.9. The summed E-state index contributed by atoms with van der Waals surface area (Å²) in [6.45, 7) is 2.73. The van der Waals surface area contributed by atoms with Crippen molar-refractivity contribution in [3.63, 3.8) is 0 Å². The lowest BCUT2D eigenvalue weighted by Crippen LogP contribution is -2.11. The zero-order chi connectivity index (χ0) is 15.8. The van der Waals surface area contributed by atoms with E-state index in [-0.39, 0.29) is 12.4 Å². The molecule has 0 atom stereocenters. The van der Waals surface area contributed by atoms with E-state index in [1.165, 1.54) is 0 Å². The van der Waals surface area contributed by atoms with E-state index in [2.05, 4.69) is 6.92 Å². The summed E-state index contributed by atoms with van der Waals surface area (Å²) in [5, 5.41) is 0. The first-order valence-electron chi connectivity index (χ1n) is 7.27. The molecule has 0 N–H and O–H groups in total. The molecule has 2 rings (SSSR count). The summed E-state index contributed by atoms with van der Waals surface area (Å²) in [7, 11) is 1.60. The number of methoxy groups -OCH3 is 1. The van der Waals surface area contributed by atoms with E-state index in [4.69, 9.17) is 14.2 Å². The highest BCUT2D eigenvalue weighted by molar-refractivity contribution is 5.75. The normalized spacial score (nSPS) is 10.1. The van der Waals surface area contributed by atoms with Crippen molar-refractivity contribution in [1.29, 1.82) is 0 Å². The smallest absolute Gasteiger partial charge is 0.315 e. The van der Waals surface area contributed by atoms with Crippen LogP contribution in [0.5, 0.6) is 17.2 Å². The fraction of sp³-hybridized carbons (Fsp3) is 0.278. The van der Waals surface area contributed by atoms with E-state index in [1.54, 1.807) is 31.4 Å². The van der Waals surface area contributed by atoms with Crippen LogP contribution in [0.4, 0.5) is 0 Å². The Balaban J connectivity index is 1.91. The lowest BCUT2D eigenvalue weighted by molar-refractivity contribution is -0.133. The molecule has 0 unspecified atom stereocenters. The molecule has 116 valence electrons. The van der Waals surface area contributed by atoms with Crippen LogP contribution in [0, 0.1) is 0 Å². The number of hydrogen-bond donors (Lipinski definition) is 0. The lowest BCUT2D eigenvalue weighted by Gasteiger charge is -2.07. The van der Waals surface area contributed by atoms with Gasteiger partial charge < -0.3 is 14.2 Å². The van der Waals surface area contributed by atoms with E-state index >= 15 is 0 Å². The van der Waals surface area contributed by atoms with Crippen LogP contribution in [0.25, 0.3) is 0 Å². The van der Waals surface area contributed by atoms with Gasteiger partial charge in [-0.15, -0.1) is 0 Å². The zero-order valence-electron chi connectivity index (χ0n) is 12.9. The van der Waals surface area contributed by atoms with Gasteiger partial charge in [0.05, 0.1) is 20.1 Å². The van der Waals surface area contributed by atoms with Gasteiger partial charge in [0.15, 0.2) is 0 Å². The molecular formula is C18H20O4. The Labute approximate surface area is 130 Å². The van der Waals surface area contributed by atoms with Crippen LogP contribution in [0.1, 0.15) is 18.9 Å². The topological polar surface area (TPSA) is 44.8 Å². The number of esters is 1. The number of ether oxygens (including phenoxy) is 3. The Hall–Kier alpha value is -2.49. The van der Waals surface area contributed by atoms with Gasteiger partial charge in [-0.3, -0.25) is 4.79 Å². The molecule has 0 aliphatic carbocycles. The molecule has 2 aromatic rings. The van der Waals surface area contributed by atoms with E-state index in [1.807, 2.05) is 24.3 Å². The maximum atomic E-state index is 11.9. The maximum Gasteiger partial charge on any atom is 0.315 e. The van der Waals surface area contributed by atoms with Gasteiger partial charge in [-0.1, -0.05) is 19.1 Å². The van der Waals surface area contributed by atoms with Crippen LogP contribution in [-0.4, -0.2) is 19.7 Å². The van der Waals surface area contributed by atoms with Gasteiger partial charge in [0, 0.05) is 0 Å². The van der Waals surface area contributed by atoms with Crippen molar-refractivity contribution in [1.82, 2.24) is 0 Å². The second-order valence-corrected chi connectivity index (χ2v) is 4.82. The van der Waals surface area contributed by atoms with Crippen molar-refractivity contribution in [3.05, 3.63) is 54.1 Å². The molecule has 0 radical (unpaired) electrons. The average molecular weight is 300 g/mol. The Bertz CT molecular complexity index is 605. The third-order valence-electron chi connectivity index (χ3n) is 3.01. The molecule has 22 heavy (non-hydrogen) atoms. The van der Waals surface area contributed by atoms with E-state index < -0.39 is 0 Å². The molecule has 0 heterocycles. The fourth-order valence-electron chi connectivity index (χ4n) is 1.94. The largest absolute Gasteiger partial charge is 0.497 e. The number of rotatable bonds is 7. The minimum atomic E-state index is -0.310. The van der Waals surface area contributed by atoms with Gasteiger partial charge in [0.1, 0.15) is 17.2 Å². The predicted molar refractivity (Wildman–Crippen MR) is 84.6 cm³/mol. The van der Waals surface area contributed by atoms with Crippen LogP contribution in [0.15, 0.2) is 48.5 Å². The first-order valence-corrected chi connectivity index (χ1v) is 7.27. The summed E-state index contributed by atoms with van der Waals surface area (Å²) >= 11 is 0. The van der Waals surface area contributed by atoms with Crippen molar-refractivity contribution in [2.45, 2.75) is 19.8 Å². The van der Waals surface area contributed by atoms with E-state index in [0.29, 0.717) is 12.4 Å². The van der Waals surface area contributed by atoms with Gasteiger partial charge in [0.25, 0.3) is 0 Å². The Morgan fingerprint density at radius 3 is 2.41 bits per heavy atom. The molecule has 0 saturated heterocycles. The summed E-state index contributed by atoms with van der Waals surface area (Å²) in [5.74, 6) is 1.70. The third-order valence-corrected chi connectivity index (χ3v) is 3.01. The molecule has 2 aromatic carbocycles. The van der Waals surface area contributed by atoms with Gasteiger partial charge >= 0.3 is 5.97 Å². The predicted octanol–water partition coefficient (Wildman–Crippen LogP) is 3.63. The first-order chi connectivity index (χ1) is 10.7. The molecule has 0 bridgehead atoms. The highest BCUT2D eigenvalue weighted by Crippen LogP contribution is 2.19. The Morgan fingerprint density at radius 2 is 1.73 bits per heavy atom. The van der Waals surface area contributed by atoms with Gasteiger partial charge in [0.2, 0.25) is 0 Å². The molecule has 4 nitrogen and oxygen atoms in total. The van der Waals surface area contributed by atoms with Crippen molar-refractivity contribution in [2.24, 2.45) is 0 Å². The monoisotopic (exact) mass is 300 g/mol. The van der Waals surface area contributed by atoms with Gasteiger partial charge in [-0.25, -0.2) is 0 Å². The number of carbonyl (C=O) groups excluding carboxylic acids is 1. The molecule has 0 aliphatic rings. The summed E-state index contributed by atoms with van der Waals surface area (Å²) in [6.07, 6.45) is 1.16. The number of hydrogen-bond acceptors (Lipinski definition) is 4. The van der Waals surface area contributed by atoms with Crippen molar-refractivity contribution in [3.8, 4) is 17.2 Å². The van der Waals surface area contributed by atoms with Gasteiger partial charge in [-0.2, -0.15) is 0 Å². The van der Waals surface area contributed by atoms with Crippen LogP contribution in [0.3, 0.4) is 0 Å². The first kappa shape index (κ1) is 15.9. The molecule has 0 aliphatic heterocycles. The molecule has 0 spiro atoms. The summed E-state index contributed by atoms with van der Waals surface area (Å²) < 4.78 is 15.9. The summed E-state index contributed by atoms with van der Waals surface area (Å²) in [5.41, 5.74) is 0.854. The van der Waals surface area contributed by atoms with Crippen molar-refractivity contribution < 1.29 is 19.0 Å². The summed E-state index contributed by atoms with van der Waals surface area (Å²) in [6, 6.07) is 14.4. The molecule has 4 heteroatoms.